The summed E-state index contributed by atoms with van der Waals surface area (Å²) in [5.41, 5.74) is -0.786. The minimum absolute atomic E-state index is 0.0926. The molecular formula is C6H3N5O4. The van der Waals surface area contributed by atoms with E-state index in [-0.39, 0.29) is 11.2 Å². The van der Waals surface area contributed by atoms with Gasteiger partial charge in [-0.1, -0.05) is 0 Å². The van der Waals surface area contributed by atoms with Crippen LogP contribution in [0.25, 0.3) is 5.65 Å². The minimum Gasteiger partial charge on any atom is -0.478 e. The smallest absolute Gasteiger partial charge is 0.337 e. The van der Waals surface area contributed by atoms with Gasteiger partial charge in [0.1, 0.15) is 0 Å². The summed E-state index contributed by atoms with van der Waals surface area (Å²) in [7, 11) is 0. The predicted octanol–water partition coefficient (Wildman–Crippen LogP) is -0.269. The fourth-order valence-electron chi connectivity index (χ4n) is 1.08. The topological polar surface area (TPSA) is 124 Å². The molecule has 0 aromatic carbocycles. The first-order valence-electron chi connectivity index (χ1n) is 3.69. The molecule has 0 aliphatic heterocycles. The number of nitrogens with zero attached hydrogens (tertiary/aromatic N) is 5. The van der Waals surface area contributed by atoms with Crippen LogP contribution in [0, 0.1) is 10.1 Å². The number of carbonyl (C=O) groups is 1. The van der Waals surface area contributed by atoms with Crippen molar-refractivity contribution in [1.29, 1.82) is 0 Å². The Morgan fingerprint density at radius 3 is 2.93 bits per heavy atom. The molecule has 2 aromatic heterocycles. The zero-order valence-corrected chi connectivity index (χ0v) is 7.06. The highest BCUT2D eigenvalue weighted by atomic mass is 16.6. The maximum Gasteiger partial charge on any atom is 0.337 e. The zero-order valence-electron chi connectivity index (χ0n) is 7.06. The number of fused-ring (bicyclic) bond motifs is 1. The van der Waals surface area contributed by atoms with E-state index in [1.54, 1.807) is 0 Å². The summed E-state index contributed by atoms with van der Waals surface area (Å²) in [6, 6.07) is 0.911. The van der Waals surface area contributed by atoms with Crippen molar-refractivity contribution < 1.29 is 14.8 Å². The number of aromatic nitrogens is 4. The molecule has 9 nitrogen and oxygen atoms in total. The highest BCUT2D eigenvalue weighted by Crippen LogP contribution is 2.18. The SMILES string of the molecule is O=C(O)c1cc([N+](=O)[O-])c2nnnn2c1. The molecule has 9 heteroatoms. The number of carboxylic acids is 1. The van der Waals surface area contributed by atoms with Gasteiger partial charge in [-0.25, -0.2) is 4.79 Å². The average molecular weight is 209 g/mol. The van der Waals surface area contributed by atoms with Crippen LogP contribution in [-0.2, 0) is 0 Å². The van der Waals surface area contributed by atoms with Gasteiger partial charge in [0.15, 0.2) is 0 Å². The maximum atomic E-state index is 10.6. The number of rotatable bonds is 2. The molecule has 2 heterocycles. The Kier molecular flexibility index (Phi) is 1.78. The van der Waals surface area contributed by atoms with E-state index < -0.39 is 16.6 Å². The fourth-order valence-corrected chi connectivity index (χ4v) is 1.08. The van der Waals surface area contributed by atoms with Gasteiger partial charge in [0.2, 0.25) is 0 Å². The molecule has 0 aliphatic carbocycles. The average Bonchev–Trinajstić information content (AvgIpc) is 2.62. The Bertz CT molecular complexity index is 562. The Labute approximate surface area is 81.1 Å². The van der Waals surface area contributed by atoms with E-state index in [0.717, 1.165) is 16.8 Å². The van der Waals surface area contributed by atoms with Crippen molar-refractivity contribution >= 4 is 17.3 Å². The Hall–Kier alpha value is -2.58. The van der Waals surface area contributed by atoms with Crippen molar-refractivity contribution in [2.45, 2.75) is 0 Å². The van der Waals surface area contributed by atoms with Crippen LogP contribution in [0.1, 0.15) is 10.4 Å². The molecule has 0 spiro atoms. The van der Waals surface area contributed by atoms with Crippen molar-refractivity contribution in [3.63, 3.8) is 0 Å². The van der Waals surface area contributed by atoms with Crippen molar-refractivity contribution in [2.24, 2.45) is 0 Å². The molecular weight excluding hydrogens is 206 g/mol. The summed E-state index contributed by atoms with van der Waals surface area (Å²) in [4.78, 5) is 20.5. The maximum absolute atomic E-state index is 10.6. The van der Waals surface area contributed by atoms with E-state index in [1.807, 2.05) is 0 Å². The van der Waals surface area contributed by atoms with Gasteiger partial charge >= 0.3 is 11.7 Å². The lowest BCUT2D eigenvalue weighted by molar-refractivity contribution is -0.383. The lowest BCUT2D eigenvalue weighted by atomic mass is 10.2. The third kappa shape index (κ3) is 1.35. The van der Waals surface area contributed by atoms with Crippen molar-refractivity contribution in [2.75, 3.05) is 0 Å². The Morgan fingerprint density at radius 2 is 2.33 bits per heavy atom. The first-order chi connectivity index (χ1) is 7.09. The van der Waals surface area contributed by atoms with E-state index >= 15 is 0 Å². The lowest BCUT2D eigenvalue weighted by Crippen LogP contribution is -2.03. The largest absolute Gasteiger partial charge is 0.478 e. The summed E-state index contributed by atoms with van der Waals surface area (Å²) >= 11 is 0. The number of tetrazole rings is 1. The first-order valence-corrected chi connectivity index (χ1v) is 3.69. The molecule has 0 aliphatic rings. The summed E-state index contributed by atoms with van der Waals surface area (Å²) in [6.07, 6.45) is 1.10. The number of carboxylic acid groups (broad SMARTS) is 1. The van der Waals surface area contributed by atoms with Crippen molar-refractivity contribution in [3.05, 3.63) is 27.9 Å². The molecule has 0 saturated heterocycles. The van der Waals surface area contributed by atoms with E-state index in [0.29, 0.717) is 0 Å². The Morgan fingerprint density at radius 1 is 1.60 bits per heavy atom. The van der Waals surface area contributed by atoms with Crippen LogP contribution >= 0.6 is 0 Å². The van der Waals surface area contributed by atoms with Crippen LogP contribution in [0.3, 0.4) is 0 Å². The monoisotopic (exact) mass is 209 g/mol. The van der Waals surface area contributed by atoms with Crippen LogP contribution in [-0.4, -0.2) is 36.0 Å². The summed E-state index contributed by atoms with van der Waals surface area (Å²) < 4.78 is 0.946. The number of aromatic carboxylic acids is 1. The molecule has 0 unspecified atom stereocenters. The third-order valence-corrected chi connectivity index (χ3v) is 1.72. The standard InChI is InChI=1S/C6H3N5O4/c12-6(13)3-1-4(11(14)15)5-7-8-9-10(5)2-3/h1-2H,(H,12,13). The van der Waals surface area contributed by atoms with Gasteiger partial charge in [0, 0.05) is 12.3 Å². The second-order valence-corrected chi connectivity index (χ2v) is 2.62. The van der Waals surface area contributed by atoms with Gasteiger partial charge in [0.05, 0.1) is 10.5 Å². The highest BCUT2D eigenvalue weighted by molar-refractivity contribution is 5.89. The minimum atomic E-state index is -1.28. The van der Waals surface area contributed by atoms with Gasteiger partial charge < -0.3 is 5.11 Å². The molecule has 0 bridgehead atoms. The molecule has 76 valence electrons. The fraction of sp³-hybridized carbons (Fsp3) is 0. The highest BCUT2D eigenvalue weighted by Gasteiger charge is 2.19. The van der Waals surface area contributed by atoms with Crippen LogP contribution < -0.4 is 0 Å². The molecule has 15 heavy (non-hydrogen) atoms. The quantitative estimate of drug-likeness (QED) is 0.533. The Balaban J connectivity index is 2.80. The van der Waals surface area contributed by atoms with Crippen LogP contribution in [0.4, 0.5) is 5.69 Å². The van der Waals surface area contributed by atoms with Gasteiger partial charge in [-0.05, 0) is 10.4 Å². The van der Waals surface area contributed by atoms with Gasteiger partial charge in [-0.2, -0.15) is 4.52 Å². The van der Waals surface area contributed by atoms with E-state index in [2.05, 4.69) is 15.5 Å². The summed E-state index contributed by atoms with van der Waals surface area (Å²) in [5.74, 6) is -1.28. The number of pyridine rings is 1. The van der Waals surface area contributed by atoms with E-state index in [1.165, 1.54) is 0 Å². The van der Waals surface area contributed by atoms with E-state index in [4.69, 9.17) is 5.11 Å². The van der Waals surface area contributed by atoms with Crippen LogP contribution in [0.5, 0.6) is 0 Å². The predicted molar refractivity (Wildman–Crippen MR) is 44.4 cm³/mol. The molecule has 0 atom stereocenters. The lowest BCUT2D eigenvalue weighted by Gasteiger charge is -1.96. The molecule has 0 fully saturated rings. The third-order valence-electron chi connectivity index (χ3n) is 1.72. The van der Waals surface area contributed by atoms with Crippen molar-refractivity contribution in [3.8, 4) is 0 Å². The van der Waals surface area contributed by atoms with Gasteiger partial charge in [0.25, 0.3) is 5.65 Å². The molecule has 0 saturated carbocycles. The molecule has 1 N–H and O–H groups in total. The second kappa shape index (κ2) is 2.97. The molecule has 0 amide bonds. The second-order valence-electron chi connectivity index (χ2n) is 2.62. The number of nitro groups is 1. The van der Waals surface area contributed by atoms with Crippen LogP contribution in [0.2, 0.25) is 0 Å². The summed E-state index contributed by atoms with van der Waals surface area (Å²) in [6.45, 7) is 0. The first kappa shape index (κ1) is 8.99. The molecule has 0 radical (unpaired) electrons. The molecule has 2 rings (SSSR count). The zero-order chi connectivity index (χ0) is 11.0. The van der Waals surface area contributed by atoms with Gasteiger partial charge in [-0.15, -0.1) is 5.10 Å². The van der Waals surface area contributed by atoms with Gasteiger partial charge in [-0.3, -0.25) is 10.1 Å². The number of hydrogen-bond donors (Lipinski definition) is 1. The van der Waals surface area contributed by atoms with Crippen LogP contribution in [0.15, 0.2) is 12.3 Å². The summed E-state index contributed by atoms with van der Waals surface area (Å²) in [5, 5.41) is 29.3. The normalized spacial score (nSPS) is 10.4. The molecule has 2 aromatic rings. The van der Waals surface area contributed by atoms with Crippen molar-refractivity contribution in [1.82, 2.24) is 20.0 Å². The number of hydrogen-bond acceptors (Lipinski definition) is 6. The van der Waals surface area contributed by atoms with E-state index in [9.17, 15) is 14.9 Å².